The molecule has 0 atom stereocenters. The van der Waals surface area contributed by atoms with Gasteiger partial charge >= 0.3 is 0 Å². The number of hydrogen-bond donors (Lipinski definition) is 1. The average molecular weight is 276 g/mol. The van der Waals surface area contributed by atoms with Gasteiger partial charge in [-0.1, -0.05) is 24.4 Å². The minimum atomic E-state index is -3.38. The zero-order valence-electron chi connectivity index (χ0n) is 9.48. The number of halogens is 1. The molecule has 2 rings (SSSR count). The summed E-state index contributed by atoms with van der Waals surface area (Å²) in [5.41, 5.74) is 0.633. The molecule has 0 aromatic carbocycles. The Morgan fingerprint density at radius 2 is 2.00 bits per heavy atom. The van der Waals surface area contributed by atoms with E-state index >= 15 is 0 Å². The second kappa shape index (κ2) is 4.78. The largest absolute Gasteiger partial charge is 0.251 e. The predicted molar refractivity (Wildman–Crippen MR) is 66.6 cm³/mol. The molecule has 0 spiro atoms. The molecule has 0 bridgehead atoms. The van der Waals surface area contributed by atoms with Crippen LogP contribution in [0, 0.1) is 6.92 Å². The molecule has 0 unspecified atom stereocenters. The third-order valence-corrected chi connectivity index (χ3v) is 4.81. The Morgan fingerprint density at radius 1 is 1.35 bits per heavy atom. The van der Waals surface area contributed by atoms with Crippen LogP contribution in [-0.2, 0) is 10.0 Å². The maximum Gasteiger partial charge on any atom is 0.238 e. The Hall–Kier alpha value is -0.880. The first-order valence-electron chi connectivity index (χ1n) is 5.50. The molecule has 7 heteroatoms. The Morgan fingerprint density at radius 3 is 2.59 bits per heavy atom. The van der Waals surface area contributed by atoms with Gasteiger partial charge in [-0.3, -0.25) is 4.72 Å². The molecule has 1 aromatic heterocycles. The number of aryl methyl sites for hydroxylation is 1. The van der Waals surface area contributed by atoms with E-state index < -0.39 is 10.0 Å². The highest BCUT2D eigenvalue weighted by Gasteiger charge is 2.29. The summed E-state index contributed by atoms with van der Waals surface area (Å²) in [6.45, 7) is 1.74. The van der Waals surface area contributed by atoms with Crippen LogP contribution in [0.4, 0.5) is 5.95 Å². The summed E-state index contributed by atoms with van der Waals surface area (Å²) in [7, 11) is -3.38. The van der Waals surface area contributed by atoms with E-state index in [-0.39, 0.29) is 16.4 Å². The van der Waals surface area contributed by atoms with Crippen molar-refractivity contribution in [1.29, 1.82) is 0 Å². The summed E-state index contributed by atoms with van der Waals surface area (Å²) in [5, 5.41) is -0.0907. The molecule has 1 aromatic rings. The van der Waals surface area contributed by atoms with Crippen molar-refractivity contribution in [3.05, 3.63) is 16.9 Å². The van der Waals surface area contributed by atoms with Crippen molar-refractivity contribution in [2.75, 3.05) is 4.72 Å². The molecule has 1 N–H and O–H groups in total. The van der Waals surface area contributed by atoms with E-state index in [2.05, 4.69) is 14.7 Å². The maximum atomic E-state index is 12.0. The van der Waals surface area contributed by atoms with Gasteiger partial charge in [-0.05, 0) is 25.8 Å². The summed E-state index contributed by atoms with van der Waals surface area (Å²) in [6, 6.07) is 1.58. The van der Waals surface area contributed by atoms with Crippen molar-refractivity contribution in [3.63, 3.8) is 0 Å². The molecule has 0 saturated heterocycles. The second-order valence-corrected chi connectivity index (χ2v) is 6.56. The van der Waals surface area contributed by atoms with Crippen molar-refractivity contribution in [3.8, 4) is 0 Å². The maximum absolute atomic E-state index is 12.0. The second-order valence-electron chi connectivity index (χ2n) is 4.21. The summed E-state index contributed by atoms with van der Waals surface area (Å²) >= 11 is 5.75. The van der Waals surface area contributed by atoms with Crippen molar-refractivity contribution >= 4 is 27.6 Å². The molecule has 1 aliphatic rings. The van der Waals surface area contributed by atoms with Gasteiger partial charge in [0, 0.05) is 5.69 Å². The molecule has 0 amide bonds. The standard InChI is InChI=1S/C10H14ClN3O2S/c1-7-6-9(11)13-10(12-7)14-17(15,16)8-4-2-3-5-8/h6,8H,2-5H2,1H3,(H,12,13,14). The topological polar surface area (TPSA) is 72.0 Å². The molecule has 0 aliphatic heterocycles. The van der Waals surface area contributed by atoms with E-state index in [0.717, 1.165) is 12.8 Å². The number of nitrogens with one attached hydrogen (secondary N) is 1. The van der Waals surface area contributed by atoms with Crippen molar-refractivity contribution in [2.45, 2.75) is 37.9 Å². The molecule has 17 heavy (non-hydrogen) atoms. The Kier molecular flexibility index (Phi) is 3.53. The van der Waals surface area contributed by atoms with Crippen molar-refractivity contribution in [2.24, 2.45) is 0 Å². The highest BCUT2D eigenvalue weighted by molar-refractivity contribution is 7.93. The zero-order valence-corrected chi connectivity index (χ0v) is 11.1. The minimum absolute atomic E-state index is 0.0573. The van der Waals surface area contributed by atoms with Crippen LogP contribution in [0.2, 0.25) is 5.15 Å². The van der Waals surface area contributed by atoms with Crippen LogP contribution in [0.25, 0.3) is 0 Å². The third kappa shape index (κ3) is 3.07. The van der Waals surface area contributed by atoms with Gasteiger partial charge in [-0.25, -0.2) is 18.4 Å². The number of aromatic nitrogens is 2. The molecule has 94 valence electrons. The van der Waals surface area contributed by atoms with Gasteiger partial charge in [0.05, 0.1) is 5.25 Å². The molecular formula is C10H14ClN3O2S. The fourth-order valence-corrected chi connectivity index (χ4v) is 3.69. The average Bonchev–Trinajstić information content (AvgIpc) is 2.67. The number of hydrogen-bond acceptors (Lipinski definition) is 4. The van der Waals surface area contributed by atoms with Crippen LogP contribution < -0.4 is 4.72 Å². The van der Waals surface area contributed by atoms with Crippen LogP contribution in [0.3, 0.4) is 0 Å². The molecule has 5 nitrogen and oxygen atoms in total. The lowest BCUT2D eigenvalue weighted by molar-refractivity contribution is 0.584. The Labute approximate surface area is 106 Å². The van der Waals surface area contributed by atoms with Crippen LogP contribution in [0.1, 0.15) is 31.4 Å². The summed E-state index contributed by atoms with van der Waals surface area (Å²) < 4.78 is 26.4. The third-order valence-electron chi connectivity index (χ3n) is 2.80. The number of sulfonamides is 1. The Bertz CT molecular complexity index is 492. The van der Waals surface area contributed by atoms with E-state index in [4.69, 9.17) is 11.6 Å². The molecular weight excluding hydrogens is 262 g/mol. The highest BCUT2D eigenvalue weighted by Crippen LogP contribution is 2.25. The Balaban J connectivity index is 2.19. The SMILES string of the molecule is Cc1cc(Cl)nc(NS(=O)(=O)C2CCCC2)n1. The van der Waals surface area contributed by atoms with Crippen LogP contribution in [-0.4, -0.2) is 23.6 Å². The smallest absolute Gasteiger partial charge is 0.238 e. The first-order chi connectivity index (χ1) is 7.97. The van der Waals surface area contributed by atoms with Gasteiger partial charge in [-0.2, -0.15) is 0 Å². The lowest BCUT2D eigenvalue weighted by Gasteiger charge is -2.12. The molecule has 1 saturated carbocycles. The molecule has 1 heterocycles. The fourth-order valence-electron chi connectivity index (χ4n) is 1.99. The van der Waals surface area contributed by atoms with Crippen molar-refractivity contribution in [1.82, 2.24) is 9.97 Å². The summed E-state index contributed by atoms with van der Waals surface area (Å²) in [6.07, 6.45) is 3.33. The monoisotopic (exact) mass is 275 g/mol. The number of nitrogens with zero attached hydrogens (tertiary/aromatic N) is 2. The van der Waals surface area contributed by atoms with Gasteiger partial charge in [0.1, 0.15) is 5.15 Å². The predicted octanol–water partition coefficient (Wildman–Crippen LogP) is 2.12. The lowest BCUT2D eigenvalue weighted by Crippen LogP contribution is -2.26. The lowest BCUT2D eigenvalue weighted by atomic mass is 10.4. The van der Waals surface area contributed by atoms with Crippen LogP contribution in [0.5, 0.6) is 0 Å². The fraction of sp³-hybridized carbons (Fsp3) is 0.600. The molecule has 1 fully saturated rings. The summed E-state index contributed by atoms with van der Waals surface area (Å²) in [5.74, 6) is 0.0573. The summed E-state index contributed by atoms with van der Waals surface area (Å²) in [4.78, 5) is 7.86. The minimum Gasteiger partial charge on any atom is -0.251 e. The first kappa shape index (κ1) is 12.6. The van der Waals surface area contributed by atoms with Gasteiger partial charge in [0.15, 0.2) is 0 Å². The number of anilines is 1. The van der Waals surface area contributed by atoms with Crippen molar-refractivity contribution < 1.29 is 8.42 Å². The highest BCUT2D eigenvalue weighted by atomic mass is 35.5. The van der Waals surface area contributed by atoms with E-state index in [1.165, 1.54) is 0 Å². The van der Waals surface area contributed by atoms with Gasteiger partial charge in [-0.15, -0.1) is 0 Å². The van der Waals surface area contributed by atoms with E-state index in [1.807, 2.05) is 0 Å². The van der Waals surface area contributed by atoms with Crippen LogP contribution >= 0.6 is 11.6 Å². The van der Waals surface area contributed by atoms with Gasteiger partial charge < -0.3 is 0 Å². The van der Waals surface area contributed by atoms with E-state index in [9.17, 15) is 8.42 Å². The van der Waals surface area contributed by atoms with E-state index in [0.29, 0.717) is 18.5 Å². The van der Waals surface area contributed by atoms with Gasteiger partial charge in [0.2, 0.25) is 16.0 Å². The number of rotatable bonds is 3. The molecule has 0 radical (unpaired) electrons. The normalized spacial score (nSPS) is 17.3. The molecule has 1 aliphatic carbocycles. The van der Waals surface area contributed by atoms with Crippen LogP contribution in [0.15, 0.2) is 6.07 Å². The zero-order chi connectivity index (χ0) is 12.5. The van der Waals surface area contributed by atoms with Gasteiger partial charge in [0.25, 0.3) is 0 Å². The van der Waals surface area contributed by atoms with E-state index in [1.54, 1.807) is 13.0 Å². The first-order valence-corrected chi connectivity index (χ1v) is 7.42. The quantitative estimate of drug-likeness (QED) is 0.858.